The zero-order chi connectivity index (χ0) is 38.0. The second-order valence-corrected chi connectivity index (χ2v) is 11.9. The minimum absolute atomic E-state index is 0.00331. The molecule has 8 N–H and O–H groups in total. The molecule has 4 rings (SSSR count). The van der Waals surface area contributed by atoms with Crippen LogP contribution in [0.3, 0.4) is 0 Å². The summed E-state index contributed by atoms with van der Waals surface area (Å²) in [5.74, 6) is -4.71. The monoisotopic (exact) mass is 727 g/mol. The Labute approximate surface area is 304 Å². The van der Waals surface area contributed by atoms with Crippen molar-refractivity contribution in [1.29, 1.82) is 0 Å². The van der Waals surface area contributed by atoms with E-state index in [1.807, 2.05) is 30.3 Å². The van der Waals surface area contributed by atoms with Crippen LogP contribution in [0, 0.1) is 0 Å². The summed E-state index contributed by atoms with van der Waals surface area (Å²) in [6, 6.07) is 7.59. The molecule has 17 nitrogen and oxygen atoms in total. The number of carbonyl (C=O) groups excluding carboxylic acids is 7. The van der Waals surface area contributed by atoms with Gasteiger partial charge in [0.25, 0.3) is 5.91 Å². The third-order valence-corrected chi connectivity index (χ3v) is 7.90. The summed E-state index contributed by atoms with van der Waals surface area (Å²) in [6.07, 6.45) is 10.8. The van der Waals surface area contributed by atoms with E-state index in [1.54, 1.807) is 24.3 Å². The Bertz CT molecular complexity index is 1780. The lowest BCUT2D eigenvalue weighted by Crippen LogP contribution is -2.57. The van der Waals surface area contributed by atoms with Gasteiger partial charge >= 0.3 is 0 Å². The second kappa shape index (κ2) is 20.3. The van der Waals surface area contributed by atoms with Gasteiger partial charge in [-0.3, -0.25) is 38.5 Å². The fraction of sp³-hybridized carbons (Fsp3) is 0.306. The molecule has 1 aliphatic heterocycles. The number of furan rings is 1. The zero-order valence-corrected chi connectivity index (χ0v) is 28.7. The van der Waals surface area contributed by atoms with Crippen LogP contribution in [0.2, 0.25) is 0 Å². The van der Waals surface area contributed by atoms with E-state index in [9.17, 15) is 33.6 Å². The molecule has 7 amide bonds. The molecule has 0 fully saturated rings. The van der Waals surface area contributed by atoms with E-state index >= 15 is 0 Å². The normalized spacial score (nSPS) is 21.2. The van der Waals surface area contributed by atoms with E-state index in [-0.39, 0.29) is 50.9 Å². The van der Waals surface area contributed by atoms with Crippen LogP contribution in [0.5, 0.6) is 0 Å². The van der Waals surface area contributed by atoms with Crippen molar-refractivity contribution in [3.63, 3.8) is 0 Å². The quantitative estimate of drug-likeness (QED) is 0.124. The molecular weight excluding hydrogens is 686 g/mol. The fourth-order valence-corrected chi connectivity index (χ4v) is 5.14. The van der Waals surface area contributed by atoms with Crippen molar-refractivity contribution in [3.8, 4) is 0 Å². The number of nitrogens with one attached hydrogen (secondary N) is 6. The fourth-order valence-electron chi connectivity index (χ4n) is 5.14. The maximum absolute atomic E-state index is 13.9. The van der Waals surface area contributed by atoms with Gasteiger partial charge in [-0.1, -0.05) is 42.5 Å². The number of aromatic nitrogens is 2. The molecule has 1 aliphatic rings. The summed E-state index contributed by atoms with van der Waals surface area (Å²) in [7, 11) is 0. The minimum atomic E-state index is -1.27. The van der Waals surface area contributed by atoms with Crippen molar-refractivity contribution in [2.45, 2.75) is 56.3 Å². The van der Waals surface area contributed by atoms with Crippen molar-refractivity contribution < 1.29 is 38.0 Å². The molecular formula is C36H41N9O8. The van der Waals surface area contributed by atoms with Crippen LogP contribution in [0.25, 0.3) is 6.08 Å². The van der Waals surface area contributed by atoms with Crippen LogP contribution >= 0.6 is 0 Å². The summed E-state index contributed by atoms with van der Waals surface area (Å²) in [5, 5.41) is 15.6. The third-order valence-electron chi connectivity index (χ3n) is 7.90. The predicted octanol–water partition coefficient (Wildman–Crippen LogP) is -0.574. The summed E-state index contributed by atoms with van der Waals surface area (Å²) >= 11 is 0. The Morgan fingerprint density at radius 2 is 1.60 bits per heavy atom. The number of carbonyl (C=O) groups is 7. The Kier molecular flexibility index (Phi) is 15.0. The summed E-state index contributed by atoms with van der Waals surface area (Å²) in [6.45, 7) is -0.0137. The van der Waals surface area contributed by atoms with Crippen molar-refractivity contribution in [2.75, 3.05) is 13.1 Å². The number of nitrogens with zero attached hydrogens (tertiary/aromatic N) is 2. The van der Waals surface area contributed by atoms with E-state index in [0.29, 0.717) is 5.76 Å². The lowest BCUT2D eigenvalue weighted by atomic mass is 10.1. The molecule has 3 heterocycles. The van der Waals surface area contributed by atoms with Gasteiger partial charge in [0.05, 0.1) is 12.5 Å². The highest BCUT2D eigenvalue weighted by molar-refractivity contribution is 6.00. The molecule has 17 heteroatoms. The molecule has 53 heavy (non-hydrogen) atoms. The lowest BCUT2D eigenvalue weighted by molar-refractivity contribution is -0.133. The standard InChI is InChI=1S/C36H41N9O8/c37-32(48)25-15-17-41-33(49)26(12-5-16-40-34(50)29-22-38-18-19-39-29)44-36(52)28(21-24-10-6-20-53-24)45-35(51)27(43-31(47)14-13-30(46)42-25)11-4-9-23-7-2-1-3-8-23/h1-4,6-10,13-14,18-20,22,25-28H,5,11-12,15-17,21H2,(H2,37,48)(H,40,50)(H,41,49)(H,42,46)(H,43,47)(H,44,52)(H,45,51)/b9-4+,14-13+/t25-,26-,27-,28-/m0/s1. The number of nitrogens with two attached hydrogens (primary N) is 1. The van der Waals surface area contributed by atoms with Gasteiger partial charge in [0, 0.05) is 44.1 Å². The van der Waals surface area contributed by atoms with E-state index in [4.69, 9.17) is 10.2 Å². The highest BCUT2D eigenvalue weighted by Gasteiger charge is 2.30. The maximum atomic E-state index is 13.9. The number of rotatable bonds is 11. The molecule has 278 valence electrons. The van der Waals surface area contributed by atoms with E-state index < -0.39 is 65.5 Å². The molecule has 4 atom stereocenters. The average Bonchev–Trinajstić information content (AvgIpc) is 3.67. The van der Waals surface area contributed by atoms with E-state index in [2.05, 4.69) is 41.9 Å². The minimum Gasteiger partial charge on any atom is -0.469 e. The van der Waals surface area contributed by atoms with Crippen LogP contribution in [0.4, 0.5) is 0 Å². The summed E-state index contributed by atoms with van der Waals surface area (Å²) < 4.78 is 5.44. The van der Waals surface area contributed by atoms with Crippen molar-refractivity contribution in [3.05, 3.63) is 103 Å². The van der Waals surface area contributed by atoms with Crippen LogP contribution < -0.4 is 37.6 Å². The maximum Gasteiger partial charge on any atom is 0.271 e. The highest BCUT2D eigenvalue weighted by Crippen LogP contribution is 2.09. The second-order valence-electron chi connectivity index (χ2n) is 11.9. The predicted molar refractivity (Wildman–Crippen MR) is 190 cm³/mol. The molecule has 0 unspecified atom stereocenters. The number of amides is 7. The molecule has 1 aromatic carbocycles. The van der Waals surface area contributed by atoms with E-state index in [0.717, 1.165) is 17.7 Å². The van der Waals surface area contributed by atoms with Gasteiger partial charge in [-0.25, -0.2) is 4.98 Å². The van der Waals surface area contributed by atoms with Crippen molar-refractivity contribution in [2.24, 2.45) is 5.73 Å². The molecule has 3 aromatic rings. The SMILES string of the molecule is NC(=O)[C@@H]1CCNC(=O)[C@H](CCCNC(=O)c2cnccn2)NC(=O)[C@H](Cc2ccco2)NC(=O)[C@H](C/C=C/c2ccccc2)NC(=O)/C=C/C(=O)N1. The molecule has 2 aromatic heterocycles. The summed E-state index contributed by atoms with van der Waals surface area (Å²) in [5.41, 5.74) is 6.41. The first-order valence-electron chi connectivity index (χ1n) is 16.8. The molecule has 0 saturated heterocycles. The van der Waals surface area contributed by atoms with Crippen molar-refractivity contribution >= 4 is 47.4 Å². The molecule has 0 saturated carbocycles. The van der Waals surface area contributed by atoms with Crippen LogP contribution in [-0.2, 0) is 35.2 Å². The Morgan fingerprint density at radius 1 is 0.868 bits per heavy atom. The van der Waals surface area contributed by atoms with Crippen LogP contribution in [0.1, 0.15) is 47.5 Å². The first-order chi connectivity index (χ1) is 25.6. The zero-order valence-electron chi connectivity index (χ0n) is 28.7. The Hall–Kier alpha value is -6.65. The van der Waals surface area contributed by atoms with Gasteiger partial charge in [0.1, 0.15) is 35.6 Å². The number of benzene rings is 1. The molecule has 0 bridgehead atoms. The number of hydrogen-bond donors (Lipinski definition) is 7. The highest BCUT2D eigenvalue weighted by atomic mass is 16.3. The molecule has 0 radical (unpaired) electrons. The van der Waals surface area contributed by atoms with E-state index in [1.165, 1.54) is 24.9 Å². The topological polar surface area (TPSA) is 257 Å². The lowest BCUT2D eigenvalue weighted by Gasteiger charge is -2.25. The molecule has 0 spiro atoms. The largest absolute Gasteiger partial charge is 0.469 e. The molecule has 0 aliphatic carbocycles. The smallest absolute Gasteiger partial charge is 0.271 e. The first-order valence-corrected chi connectivity index (χ1v) is 16.8. The van der Waals surface area contributed by atoms with Gasteiger partial charge in [-0.15, -0.1) is 0 Å². The van der Waals surface area contributed by atoms with Gasteiger partial charge < -0.3 is 42.1 Å². The van der Waals surface area contributed by atoms with Crippen LogP contribution in [0.15, 0.2) is 90.0 Å². The van der Waals surface area contributed by atoms with Crippen LogP contribution in [-0.4, -0.2) is 88.6 Å². The Balaban J connectivity index is 1.58. The number of primary amides is 1. The number of hydrogen-bond acceptors (Lipinski definition) is 10. The summed E-state index contributed by atoms with van der Waals surface area (Å²) in [4.78, 5) is 98.9. The first kappa shape index (κ1) is 39.1. The Morgan fingerprint density at radius 3 is 2.30 bits per heavy atom. The average molecular weight is 728 g/mol. The van der Waals surface area contributed by atoms with Gasteiger partial charge in [0.15, 0.2) is 0 Å². The van der Waals surface area contributed by atoms with Gasteiger partial charge in [-0.05, 0) is 43.4 Å². The van der Waals surface area contributed by atoms with Crippen molar-refractivity contribution in [1.82, 2.24) is 41.9 Å². The van der Waals surface area contributed by atoms with Gasteiger partial charge in [-0.2, -0.15) is 0 Å². The third kappa shape index (κ3) is 13.2. The van der Waals surface area contributed by atoms with Gasteiger partial charge in [0.2, 0.25) is 35.4 Å².